The molecular weight excluding hydrogens is 240 g/mol. The molecular formula is C12H9ClN2O2. The van der Waals surface area contributed by atoms with Gasteiger partial charge in [0.2, 0.25) is 0 Å². The van der Waals surface area contributed by atoms with E-state index in [9.17, 15) is 4.79 Å². The molecule has 0 aliphatic carbocycles. The lowest BCUT2D eigenvalue weighted by Gasteiger charge is -2.03. The van der Waals surface area contributed by atoms with Crippen LogP contribution in [0.15, 0.2) is 30.5 Å². The molecule has 4 nitrogen and oxygen atoms in total. The molecule has 1 heterocycles. The van der Waals surface area contributed by atoms with Gasteiger partial charge < -0.3 is 5.11 Å². The fraction of sp³-hybridized carbons (Fsp3) is 0.0833. The van der Waals surface area contributed by atoms with Crippen LogP contribution in [0, 0.1) is 6.92 Å². The average molecular weight is 249 g/mol. The fourth-order valence-electron chi connectivity index (χ4n) is 1.43. The van der Waals surface area contributed by atoms with Gasteiger partial charge in [-0.15, -0.1) is 0 Å². The molecule has 0 fully saturated rings. The molecule has 0 radical (unpaired) electrons. The molecule has 2 aromatic rings. The van der Waals surface area contributed by atoms with Crippen molar-refractivity contribution < 1.29 is 9.90 Å². The molecule has 17 heavy (non-hydrogen) atoms. The van der Waals surface area contributed by atoms with E-state index in [0.29, 0.717) is 5.82 Å². The highest BCUT2D eigenvalue weighted by molar-refractivity contribution is 6.32. The molecule has 0 amide bonds. The summed E-state index contributed by atoms with van der Waals surface area (Å²) in [5.41, 5.74) is 1.79. The molecule has 2 rings (SSSR count). The van der Waals surface area contributed by atoms with Crippen LogP contribution in [0.2, 0.25) is 5.15 Å². The van der Waals surface area contributed by atoms with Crippen molar-refractivity contribution in [3.63, 3.8) is 0 Å². The summed E-state index contributed by atoms with van der Waals surface area (Å²) in [5.74, 6) is -0.713. The summed E-state index contributed by atoms with van der Waals surface area (Å²) < 4.78 is 0. The van der Waals surface area contributed by atoms with Crippen molar-refractivity contribution in [1.82, 2.24) is 9.97 Å². The van der Waals surface area contributed by atoms with E-state index >= 15 is 0 Å². The van der Waals surface area contributed by atoms with Crippen LogP contribution in [0.5, 0.6) is 0 Å². The molecule has 0 bridgehead atoms. The molecule has 0 aliphatic heterocycles. The Balaban J connectivity index is 2.48. The first kappa shape index (κ1) is 11.5. The van der Waals surface area contributed by atoms with Crippen molar-refractivity contribution in [2.45, 2.75) is 6.92 Å². The van der Waals surface area contributed by atoms with Crippen LogP contribution in [0.25, 0.3) is 11.4 Å². The highest BCUT2D eigenvalue weighted by atomic mass is 35.5. The zero-order valence-electron chi connectivity index (χ0n) is 9.01. The number of rotatable bonds is 2. The molecule has 0 saturated carbocycles. The van der Waals surface area contributed by atoms with Gasteiger partial charge in [-0.05, 0) is 13.0 Å². The number of carboxylic acid groups (broad SMARTS) is 1. The molecule has 1 aromatic heterocycles. The molecule has 0 unspecified atom stereocenters. The van der Waals surface area contributed by atoms with Crippen molar-refractivity contribution in [2.24, 2.45) is 0 Å². The zero-order valence-corrected chi connectivity index (χ0v) is 9.77. The number of aromatic carboxylic acids is 1. The molecule has 86 valence electrons. The van der Waals surface area contributed by atoms with Gasteiger partial charge in [-0.25, -0.2) is 14.8 Å². The van der Waals surface area contributed by atoms with Crippen molar-refractivity contribution in [3.8, 4) is 11.4 Å². The lowest BCUT2D eigenvalue weighted by atomic mass is 10.1. The topological polar surface area (TPSA) is 63.1 Å². The fourth-order valence-corrected chi connectivity index (χ4v) is 1.64. The maximum Gasteiger partial charge on any atom is 0.340 e. The third-order valence-electron chi connectivity index (χ3n) is 2.25. The monoisotopic (exact) mass is 248 g/mol. The molecule has 5 heteroatoms. The van der Waals surface area contributed by atoms with Crippen LogP contribution in [-0.4, -0.2) is 21.0 Å². The minimum atomic E-state index is -1.13. The van der Waals surface area contributed by atoms with E-state index in [4.69, 9.17) is 16.7 Å². The molecule has 0 saturated heterocycles. The number of hydrogen-bond donors (Lipinski definition) is 1. The Bertz CT molecular complexity index is 584. The van der Waals surface area contributed by atoms with Gasteiger partial charge in [-0.3, -0.25) is 0 Å². The number of carboxylic acids is 1. The maximum absolute atomic E-state index is 10.8. The molecule has 0 spiro atoms. The number of aryl methyl sites for hydroxylation is 1. The standard InChI is InChI=1S/C12H9ClN2O2/c1-7-3-2-4-8(5-7)11-14-6-9(12(16)17)10(13)15-11/h2-6H,1H3,(H,16,17). The normalized spacial score (nSPS) is 10.2. The van der Waals surface area contributed by atoms with Gasteiger partial charge in [0.1, 0.15) is 10.7 Å². The van der Waals surface area contributed by atoms with Crippen LogP contribution >= 0.6 is 11.6 Å². The molecule has 0 atom stereocenters. The minimum Gasteiger partial charge on any atom is -0.478 e. The van der Waals surface area contributed by atoms with Crippen molar-refractivity contribution >= 4 is 17.6 Å². The summed E-state index contributed by atoms with van der Waals surface area (Å²) in [6.07, 6.45) is 1.22. The summed E-state index contributed by atoms with van der Waals surface area (Å²) in [6.45, 7) is 1.96. The Morgan fingerprint density at radius 1 is 1.41 bits per heavy atom. The Hall–Kier alpha value is -1.94. The second kappa shape index (κ2) is 4.51. The van der Waals surface area contributed by atoms with Gasteiger partial charge in [-0.2, -0.15) is 0 Å². The number of hydrogen-bond acceptors (Lipinski definition) is 3. The second-order valence-corrected chi connectivity index (χ2v) is 3.93. The van der Waals surface area contributed by atoms with Gasteiger partial charge in [-0.1, -0.05) is 35.4 Å². The Morgan fingerprint density at radius 2 is 2.18 bits per heavy atom. The smallest absolute Gasteiger partial charge is 0.340 e. The van der Waals surface area contributed by atoms with Gasteiger partial charge in [0.15, 0.2) is 5.82 Å². The molecule has 0 aliphatic rings. The van der Waals surface area contributed by atoms with E-state index < -0.39 is 5.97 Å². The number of benzene rings is 1. The third kappa shape index (κ3) is 2.42. The van der Waals surface area contributed by atoms with Crippen molar-refractivity contribution in [3.05, 3.63) is 46.7 Å². The summed E-state index contributed by atoms with van der Waals surface area (Å²) >= 11 is 5.78. The summed E-state index contributed by atoms with van der Waals surface area (Å²) in [5, 5.41) is 8.75. The van der Waals surface area contributed by atoms with Gasteiger partial charge in [0, 0.05) is 11.8 Å². The number of halogens is 1. The van der Waals surface area contributed by atoms with E-state index in [1.165, 1.54) is 6.20 Å². The average Bonchev–Trinajstić information content (AvgIpc) is 2.28. The van der Waals surface area contributed by atoms with E-state index in [-0.39, 0.29) is 10.7 Å². The number of carbonyl (C=O) groups is 1. The quantitative estimate of drug-likeness (QED) is 0.830. The van der Waals surface area contributed by atoms with Crippen LogP contribution in [0.4, 0.5) is 0 Å². The summed E-state index contributed by atoms with van der Waals surface area (Å²) in [4.78, 5) is 18.7. The summed E-state index contributed by atoms with van der Waals surface area (Å²) in [6, 6.07) is 7.59. The van der Waals surface area contributed by atoms with Gasteiger partial charge in [0.25, 0.3) is 0 Å². The number of aromatic nitrogens is 2. The van der Waals surface area contributed by atoms with Crippen LogP contribution in [-0.2, 0) is 0 Å². The van der Waals surface area contributed by atoms with E-state index in [1.54, 1.807) is 0 Å². The predicted molar refractivity (Wildman–Crippen MR) is 64.2 cm³/mol. The molecule has 1 N–H and O–H groups in total. The molecule has 1 aromatic carbocycles. The SMILES string of the molecule is Cc1cccc(-c2ncc(C(=O)O)c(Cl)n2)c1. The van der Waals surface area contributed by atoms with Gasteiger partial charge >= 0.3 is 5.97 Å². The zero-order chi connectivity index (χ0) is 12.4. The minimum absolute atomic E-state index is 0.0518. The Labute approximate surface area is 103 Å². The summed E-state index contributed by atoms with van der Waals surface area (Å²) in [7, 11) is 0. The van der Waals surface area contributed by atoms with E-state index in [2.05, 4.69) is 9.97 Å². The Kier molecular flexibility index (Phi) is 3.06. The van der Waals surface area contributed by atoms with Crippen LogP contribution in [0.3, 0.4) is 0 Å². The van der Waals surface area contributed by atoms with Crippen LogP contribution in [0.1, 0.15) is 15.9 Å². The lowest BCUT2D eigenvalue weighted by Crippen LogP contribution is -2.01. The third-order valence-corrected chi connectivity index (χ3v) is 2.54. The first-order chi connectivity index (χ1) is 8.08. The van der Waals surface area contributed by atoms with Crippen molar-refractivity contribution in [2.75, 3.05) is 0 Å². The van der Waals surface area contributed by atoms with E-state index in [0.717, 1.165) is 11.1 Å². The first-order valence-corrected chi connectivity index (χ1v) is 5.28. The largest absolute Gasteiger partial charge is 0.478 e. The highest BCUT2D eigenvalue weighted by Crippen LogP contribution is 2.20. The van der Waals surface area contributed by atoms with Crippen molar-refractivity contribution in [1.29, 1.82) is 0 Å². The lowest BCUT2D eigenvalue weighted by molar-refractivity contribution is 0.0696. The van der Waals surface area contributed by atoms with E-state index in [1.807, 2.05) is 31.2 Å². The number of nitrogens with zero attached hydrogens (tertiary/aromatic N) is 2. The van der Waals surface area contributed by atoms with Gasteiger partial charge in [0.05, 0.1) is 0 Å². The highest BCUT2D eigenvalue weighted by Gasteiger charge is 2.12. The van der Waals surface area contributed by atoms with Crippen LogP contribution < -0.4 is 0 Å². The maximum atomic E-state index is 10.8. The predicted octanol–water partition coefficient (Wildman–Crippen LogP) is 2.80. The second-order valence-electron chi connectivity index (χ2n) is 3.57. The Morgan fingerprint density at radius 3 is 2.76 bits per heavy atom. The first-order valence-electron chi connectivity index (χ1n) is 4.91.